The van der Waals surface area contributed by atoms with Gasteiger partial charge < -0.3 is 10.2 Å². The molecular formula is C12H19N2+. The van der Waals surface area contributed by atoms with E-state index in [9.17, 15) is 0 Å². The van der Waals surface area contributed by atoms with E-state index < -0.39 is 0 Å². The van der Waals surface area contributed by atoms with Crippen molar-refractivity contribution < 1.29 is 4.90 Å². The lowest BCUT2D eigenvalue weighted by Gasteiger charge is -2.12. The first kappa shape index (κ1) is 9.69. The first-order chi connectivity index (χ1) is 6.88. The Morgan fingerprint density at radius 2 is 2.14 bits per heavy atom. The van der Waals surface area contributed by atoms with Gasteiger partial charge in [-0.15, -0.1) is 0 Å². The Morgan fingerprint density at radius 3 is 2.79 bits per heavy atom. The van der Waals surface area contributed by atoms with Gasteiger partial charge in [-0.05, 0) is 7.05 Å². The number of hydrogen-bond donors (Lipinski definition) is 2. The van der Waals surface area contributed by atoms with Gasteiger partial charge in [0, 0.05) is 12.0 Å². The molecule has 0 saturated carbocycles. The van der Waals surface area contributed by atoms with E-state index in [4.69, 9.17) is 0 Å². The number of nitrogens with one attached hydrogen (secondary N) is 2. The maximum absolute atomic E-state index is 3.36. The average Bonchev–Trinajstić information content (AvgIpc) is 2.67. The molecule has 76 valence electrons. The SMILES string of the molecule is CN[C@H]1CC[NH+](Cc2ccccc2)C1. The van der Waals surface area contributed by atoms with Crippen molar-refractivity contribution in [2.45, 2.75) is 19.0 Å². The predicted octanol–water partition coefficient (Wildman–Crippen LogP) is 0.0632. The third-order valence-corrected chi connectivity index (χ3v) is 3.09. The molecule has 2 atom stereocenters. The van der Waals surface area contributed by atoms with E-state index >= 15 is 0 Å². The Labute approximate surface area is 85.9 Å². The Morgan fingerprint density at radius 1 is 1.36 bits per heavy atom. The fraction of sp³-hybridized carbons (Fsp3) is 0.500. The van der Waals surface area contributed by atoms with Gasteiger partial charge in [0.25, 0.3) is 0 Å². The summed E-state index contributed by atoms with van der Waals surface area (Å²) in [7, 11) is 2.07. The molecule has 2 rings (SSSR count). The Kier molecular flexibility index (Phi) is 3.17. The van der Waals surface area contributed by atoms with Crippen molar-refractivity contribution in [3.05, 3.63) is 35.9 Å². The number of benzene rings is 1. The number of hydrogen-bond acceptors (Lipinski definition) is 1. The van der Waals surface area contributed by atoms with Crippen molar-refractivity contribution >= 4 is 0 Å². The lowest BCUT2D eigenvalue weighted by molar-refractivity contribution is -0.901. The molecule has 0 amide bonds. The molecule has 2 nitrogen and oxygen atoms in total. The maximum atomic E-state index is 3.36. The molecule has 0 aromatic heterocycles. The summed E-state index contributed by atoms with van der Waals surface area (Å²) < 4.78 is 0. The van der Waals surface area contributed by atoms with Crippen molar-refractivity contribution in [3.8, 4) is 0 Å². The second-order valence-corrected chi connectivity index (χ2v) is 4.14. The minimum atomic E-state index is 0.730. The van der Waals surface area contributed by atoms with Crippen molar-refractivity contribution in [1.82, 2.24) is 5.32 Å². The summed E-state index contributed by atoms with van der Waals surface area (Å²) in [4.78, 5) is 1.70. The van der Waals surface area contributed by atoms with Crippen LogP contribution in [0.5, 0.6) is 0 Å². The van der Waals surface area contributed by atoms with E-state index in [2.05, 4.69) is 42.7 Å². The van der Waals surface area contributed by atoms with E-state index in [1.807, 2.05) is 0 Å². The molecule has 1 aromatic rings. The molecule has 0 spiro atoms. The van der Waals surface area contributed by atoms with E-state index in [1.54, 1.807) is 4.90 Å². The highest BCUT2D eigenvalue weighted by molar-refractivity contribution is 5.13. The first-order valence-corrected chi connectivity index (χ1v) is 5.43. The summed E-state index contributed by atoms with van der Waals surface area (Å²) in [6, 6.07) is 11.5. The summed E-state index contributed by atoms with van der Waals surface area (Å²) in [5.74, 6) is 0. The van der Waals surface area contributed by atoms with Crippen LogP contribution in [-0.2, 0) is 6.54 Å². The highest BCUT2D eigenvalue weighted by atomic mass is 15.2. The van der Waals surface area contributed by atoms with Crippen LogP contribution in [-0.4, -0.2) is 26.2 Å². The molecule has 1 aliphatic rings. The van der Waals surface area contributed by atoms with E-state index in [1.165, 1.54) is 31.6 Å². The topological polar surface area (TPSA) is 16.5 Å². The molecule has 1 aliphatic heterocycles. The van der Waals surface area contributed by atoms with Crippen LogP contribution >= 0.6 is 0 Å². The summed E-state index contributed by atoms with van der Waals surface area (Å²) >= 11 is 0. The molecule has 0 aliphatic carbocycles. The Balaban J connectivity index is 1.88. The zero-order valence-electron chi connectivity index (χ0n) is 8.79. The Hall–Kier alpha value is -0.860. The number of likely N-dealkylation sites (N-methyl/N-ethyl adjacent to an activating group) is 1. The Bertz CT molecular complexity index is 271. The zero-order chi connectivity index (χ0) is 9.80. The molecule has 1 aromatic carbocycles. The summed E-state index contributed by atoms with van der Waals surface area (Å²) in [5.41, 5.74) is 1.46. The van der Waals surface area contributed by atoms with Crippen LogP contribution in [0, 0.1) is 0 Å². The predicted molar refractivity (Wildman–Crippen MR) is 58.3 cm³/mol. The lowest BCUT2D eigenvalue weighted by atomic mass is 10.2. The minimum absolute atomic E-state index is 0.730. The van der Waals surface area contributed by atoms with Gasteiger partial charge in [0.05, 0.1) is 19.1 Å². The van der Waals surface area contributed by atoms with Gasteiger partial charge in [0.1, 0.15) is 6.54 Å². The quantitative estimate of drug-likeness (QED) is 0.691. The van der Waals surface area contributed by atoms with Crippen LogP contribution in [0.4, 0.5) is 0 Å². The van der Waals surface area contributed by atoms with Gasteiger partial charge in [-0.3, -0.25) is 0 Å². The van der Waals surface area contributed by atoms with Crippen LogP contribution in [0.2, 0.25) is 0 Å². The zero-order valence-corrected chi connectivity index (χ0v) is 8.79. The average molecular weight is 191 g/mol. The van der Waals surface area contributed by atoms with Gasteiger partial charge in [0.15, 0.2) is 0 Å². The standard InChI is InChI=1S/C12H18N2/c1-13-12-7-8-14(10-12)9-11-5-3-2-4-6-11/h2-6,12-13H,7-10H2,1H3/p+1/t12-/m0/s1. The molecule has 0 radical (unpaired) electrons. The summed E-state index contributed by atoms with van der Waals surface area (Å²) in [5, 5.41) is 3.36. The van der Waals surface area contributed by atoms with Gasteiger partial charge in [-0.2, -0.15) is 0 Å². The first-order valence-electron chi connectivity index (χ1n) is 5.43. The largest absolute Gasteiger partial charge is 0.330 e. The molecule has 1 fully saturated rings. The molecule has 14 heavy (non-hydrogen) atoms. The highest BCUT2D eigenvalue weighted by Gasteiger charge is 2.24. The van der Waals surface area contributed by atoms with Crippen LogP contribution in [0.15, 0.2) is 30.3 Å². The third-order valence-electron chi connectivity index (χ3n) is 3.09. The lowest BCUT2D eigenvalue weighted by Crippen LogP contribution is -3.09. The van der Waals surface area contributed by atoms with Crippen molar-refractivity contribution in [2.75, 3.05) is 20.1 Å². The fourth-order valence-corrected chi connectivity index (χ4v) is 2.22. The highest BCUT2D eigenvalue weighted by Crippen LogP contribution is 1.98. The molecule has 0 bridgehead atoms. The molecule has 2 heteroatoms. The maximum Gasteiger partial charge on any atom is 0.103 e. The summed E-state index contributed by atoms with van der Waals surface area (Å²) in [6.45, 7) is 3.75. The molecule has 1 saturated heterocycles. The number of quaternary nitrogens is 1. The molecular weight excluding hydrogens is 172 g/mol. The smallest absolute Gasteiger partial charge is 0.103 e. The monoisotopic (exact) mass is 191 g/mol. The summed E-state index contributed by atoms with van der Waals surface area (Å²) in [6.07, 6.45) is 1.32. The molecule has 1 unspecified atom stereocenters. The van der Waals surface area contributed by atoms with E-state index in [0.29, 0.717) is 0 Å². The van der Waals surface area contributed by atoms with E-state index in [-0.39, 0.29) is 0 Å². The fourth-order valence-electron chi connectivity index (χ4n) is 2.22. The normalized spacial score (nSPS) is 26.6. The van der Waals surface area contributed by atoms with Gasteiger partial charge >= 0.3 is 0 Å². The third kappa shape index (κ3) is 2.34. The second kappa shape index (κ2) is 4.58. The van der Waals surface area contributed by atoms with Crippen LogP contribution < -0.4 is 10.2 Å². The van der Waals surface area contributed by atoms with Crippen molar-refractivity contribution in [1.29, 1.82) is 0 Å². The van der Waals surface area contributed by atoms with Crippen LogP contribution in [0.3, 0.4) is 0 Å². The van der Waals surface area contributed by atoms with Crippen LogP contribution in [0.25, 0.3) is 0 Å². The van der Waals surface area contributed by atoms with Gasteiger partial charge in [0.2, 0.25) is 0 Å². The van der Waals surface area contributed by atoms with E-state index in [0.717, 1.165) is 6.04 Å². The second-order valence-electron chi connectivity index (χ2n) is 4.14. The molecule has 2 N–H and O–H groups in total. The van der Waals surface area contributed by atoms with Gasteiger partial charge in [-0.1, -0.05) is 30.3 Å². The molecule has 1 heterocycles. The minimum Gasteiger partial charge on any atom is -0.330 e. The number of rotatable bonds is 3. The van der Waals surface area contributed by atoms with Gasteiger partial charge in [-0.25, -0.2) is 0 Å². The van der Waals surface area contributed by atoms with Crippen molar-refractivity contribution in [2.24, 2.45) is 0 Å². The number of likely N-dealkylation sites (tertiary alicyclic amines) is 1. The van der Waals surface area contributed by atoms with Crippen molar-refractivity contribution in [3.63, 3.8) is 0 Å². The van der Waals surface area contributed by atoms with Crippen LogP contribution in [0.1, 0.15) is 12.0 Å².